The molecule has 3 aromatic rings. The number of nitrogens with one attached hydrogen (secondary N) is 2. The van der Waals surface area contributed by atoms with E-state index in [0.717, 1.165) is 24.3 Å². The molecule has 10 heteroatoms. The van der Waals surface area contributed by atoms with Crippen molar-refractivity contribution in [2.45, 2.75) is 20.4 Å². The first-order valence-corrected chi connectivity index (χ1v) is 12.0. The van der Waals surface area contributed by atoms with E-state index in [9.17, 15) is 14.4 Å². The standard InChI is InChI=1S/C27H30N6O4/c1-18(34)31-21-5-3-4-20(14-21)16-29-25-15-26(30-17-24(25)27(28)36)33(19(2)35)23-8-6-22(7-9-23)32-10-12-37-13-11-32/h3-9,14-15,17H,10-13,16H2,1-2H3,(H2,28,36)(H,29,30)(H,31,34). The van der Waals surface area contributed by atoms with Crippen LogP contribution >= 0.6 is 0 Å². The fraction of sp³-hybridized carbons (Fsp3) is 0.259. The topological polar surface area (TPSA) is 130 Å². The van der Waals surface area contributed by atoms with Gasteiger partial charge in [0, 0.05) is 57.1 Å². The molecule has 3 amide bonds. The highest BCUT2D eigenvalue weighted by atomic mass is 16.5. The van der Waals surface area contributed by atoms with Gasteiger partial charge in [-0.3, -0.25) is 19.3 Å². The molecular formula is C27H30N6O4. The average Bonchev–Trinajstić information content (AvgIpc) is 2.88. The maximum atomic E-state index is 12.7. The Morgan fingerprint density at radius 2 is 1.78 bits per heavy atom. The van der Waals surface area contributed by atoms with E-state index >= 15 is 0 Å². The van der Waals surface area contributed by atoms with Crippen LogP contribution in [0.4, 0.5) is 28.6 Å². The molecule has 0 bridgehead atoms. The third-order valence-electron chi connectivity index (χ3n) is 5.91. The Kier molecular flexibility index (Phi) is 7.99. The van der Waals surface area contributed by atoms with Gasteiger partial charge in [-0.2, -0.15) is 0 Å². The molecule has 4 N–H and O–H groups in total. The van der Waals surface area contributed by atoms with Crippen molar-refractivity contribution in [1.29, 1.82) is 0 Å². The van der Waals surface area contributed by atoms with E-state index in [1.807, 2.05) is 42.5 Å². The van der Waals surface area contributed by atoms with Crippen LogP contribution in [0.1, 0.15) is 29.8 Å². The number of rotatable bonds is 8. The monoisotopic (exact) mass is 502 g/mol. The summed E-state index contributed by atoms with van der Waals surface area (Å²) in [7, 11) is 0. The van der Waals surface area contributed by atoms with Gasteiger partial charge >= 0.3 is 0 Å². The third-order valence-corrected chi connectivity index (χ3v) is 5.91. The van der Waals surface area contributed by atoms with Crippen molar-refractivity contribution in [3.05, 3.63) is 71.9 Å². The zero-order valence-corrected chi connectivity index (χ0v) is 20.9. The minimum Gasteiger partial charge on any atom is -0.380 e. The van der Waals surface area contributed by atoms with Crippen LogP contribution in [-0.2, 0) is 20.9 Å². The first kappa shape index (κ1) is 25.6. The van der Waals surface area contributed by atoms with Crippen molar-refractivity contribution in [2.75, 3.05) is 46.7 Å². The SMILES string of the molecule is CC(=O)Nc1cccc(CNc2cc(N(C(C)=O)c3ccc(N4CCOCC4)cc3)ncc2C(N)=O)c1. The molecule has 0 saturated carbocycles. The summed E-state index contributed by atoms with van der Waals surface area (Å²) in [5.74, 6) is -0.682. The van der Waals surface area contributed by atoms with Crippen molar-refractivity contribution in [3.63, 3.8) is 0 Å². The van der Waals surface area contributed by atoms with Crippen LogP contribution in [0.5, 0.6) is 0 Å². The molecule has 2 aromatic carbocycles. The lowest BCUT2D eigenvalue weighted by atomic mass is 10.1. The normalized spacial score (nSPS) is 13.1. The lowest BCUT2D eigenvalue weighted by Crippen LogP contribution is -2.36. The van der Waals surface area contributed by atoms with Gasteiger partial charge in [-0.15, -0.1) is 0 Å². The Hall–Kier alpha value is -4.44. The molecular weight excluding hydrogens is 472 g/mol. The largest absolute Gasteiger partial charge is 0.380 e. The van der Waals surface area contributed by atoms with Crippen LogP contribution in [0.2, 0.25) is 0 Å². The Labute approximate surface area is 215 Å². The number of nitrogens with two attached hydrogens (primary N) is 1. The molecule has 0 radical (unpaired) electrons. The van der Waals surface area contributed by atoms with Gasteiger partial charge in [0.2, 0.25) is 11.8 Å². The average molecular weight is 503 g/mol. The van der Waals surface area contributed by atoms with E-state index < -0.39 is 5.91 Å². The lowest BCUT2D eigenvalue weighted by Gasteiger charge is -2.29. The van der Waals surface area contributed by atoms with Crippen molar-refractivity contribution in [1.82, 2.24) is 4.98 Å². The lowest BCUT2D eigenvalue weighted by molar-refractivity contribution is -0.116. The molecule has 1 aliphatic heterocycles. The summed E-state index contributed by atoms with van der Waals surface area (Å²) in [6, 6.07) is 16.7. The molecule has 1 fully saturated rings. The van der Waals surface area contributed by atoms with Gasteiger partial charge in [0.25, 0.3) is 5.91 Å². The van der Waals surface area contributed by atoms with Crippen molar-refractivity contribution >= 4 is 46.3 Å². The fourth-order valence-electron chi connectivity index (χ4n) is 4.18. The zero-order valence-electron chi connectivity index (χ0n) is 20.9. The van der Waals surface area contributed by atoms with Crippen LogP contribution in [0, 0.1) is 0 Å². The maximum Gasteiger partial charge on any atom is 0.252 e. The van der Waals surface area contributed by atoms with Crippen molar-refractivity contribution in [2.24, 2.45) is 5.73 Å². The molecule has 0 aliphatic carbocycles. The summed E-state index contributed by atoms with van der Waals surface area (Å²) in [4.78, 5) is 44.2. The minimum absolute atomic E-state index is 0.165. The van der Waals surface area contributed by atoms with Crippen molar-refractivity contribution < 1.29 is 19.1 Å². The molecule has 37 heavy (non-hydrogen) atoms. The summed E-state index contributed by atoms with van der Waals surface area (Å²) in [5, 5.41) is 5.97. The zero-order chi connectivity index (χ0) is 26.4. The molecule has 2 heterocycles. The molecule has 1 saturated heterocycles. The highest BCUT2D eigenvalue weighted by Gasteiger charge is 2.20. The number of anilines is 5. The van der Waals surface area contributed by atoms with E-state index in [4.69, 9.17) is 10.5 Å². The van der Waals surface area contributed by atoms with Gasteiger partial charge in [0.05, 0.1) is 30.2 Å². The number of carbonyl (C=O) groups excluding carboxylic acids is 3. The summed E-state index contributed by atoms with van der Waals surface area (Å²) >= 11 is 0. The van der Waals surface area contributed by atoms with E-state index in [0.29, 0.717) is 42.6 Å². The fourth-order valence-corrected chi connectivity index (χ4v) is 4.18. The quantitative estimate of drug-likeness (QED) is 0.431. The number of ether oxygens (including phenoxy) is 1. The highest BCUT2D eigenvalue weighted by Crippen LogP contribution is 2.30. The van der Waals surface area contributed by atoms with Gasteiger partial charge in [-0.05, 0) is 42.0 Å². The smallest absolute Gasteiger partial charge is 0.252 e. The molecule has 10 nitrogen and oxygen atoms in total. The van der Waals surface area contributed by atoms with E-state index in [2.05, 4.69) is 20.5 Å². The molecule has 1 aromatic heterocycles. The highest BCUT2D eigenvalue weighted by molar-refractivity contribution is 6.02. The van der Waals surface area contributed by atoms with Crippen LogP contribution < -0.4 is 26.2 Å². The Morgan fingerprint density at radius 3 is 2.43 bits per heavy atom. The van der Waals surface area contributed by atoms with Crippen LogP contribution in [0.15, 0.2) is 60.8 Å². The number of pyridine rings is 1. The molecule has 0 spiro atoms. The molecule has 192 valence electrons. The second-order valence-corrected chi connectivity index (χ2v) is 8.66. The number of aromatic nitrogens is 1. The van der Waals surface area contributed by atoms with Gasteiger partial charge < -0.3 is 26.0 Å². The second kappa shape index (κ2) is 11.5. The number of hydrogen-bond acceptors (Lipinski definition) is 7. The Balaban J connectivity index is 1.59. The molecule has 1 aliphatic rings. The summed E-state index contributed by atoms with van der Waals surface area (Å²) in [6.45, 7) is 6.25. The number of carbonyl (C=O) groups is 3. The summed E-state index contributed by atoms with van der Waals surface area (Å²) in [5.41, 5.74) is 9.48. The predicted molar refractivity (Wildman–Crippen MR) is 143 cm³/mol. The van der Waals surface area contributed by atoms with Gasteiger partial charge in [0.15, 0.2) is 0 Å². The molecule has 4 rings (SSSR count). The van der Waals surface area contributed by atoms with Crippen LogP contribution in [0.25, 0.3) is 0 Å². The van der Waals surface area contributed by atoms with Crippen LogP contribution in [0.3, 0.4) is 0 Å². The summed E-state index contributed by atoms with van der Waals surface area (Å²) in [6.07, 6.45) is 1.37. The molecule has 0 unspecified atom stereocenters. The predicted octanol–water partition coefficient (Wildman–Crippen LogP) is 3.27. The minimum atomic E-state index is -0.641. The van der Waals surface area contributed by atoms with E-state index in [-0.39, 0.29) is 17.4 Å². The number of benzene rings is 2. The van der Waals surface area contributed by atoms with Gasteiger partial charge in [-0.25, -0.2) is 4.98 Å². The Bertz CT molecular complexity index is 1290. The van der Waals surface area contributed by atoms with Gasteiger partial charge in [0.1, 0.15) is 5.82 Å². The number of primary amides is 1. The third kappa shape index (κ3) is 6.42. The number of amides is 3. The second-order valence-electron chi connectivity index (χ2n) is 8.66. The number of morpholine rings is 1. The summed E-state index contributed by atoms with van der Waals surface area (Å²) < 4.78 is 5.42. The molecule has 0 atom stereocenters. The van der Waals surface area contributed by atoms with Gasteiger partial charge in [-0.1, -0.05) is 12.1 Å². The Morgan fingerprint density at radius 1 is 1.05 bits per heavy atom. The van der Waals surface area contributed by atoms with E-state index in [1.54, 1.807) is 12.1 Å². The van der Waals surface area contributed by atoms with E-state index in [1.165, 1.54) is 24.9 Å². The van der Waals surface area contributed by atoms with Crippen LogP contribution in [-0.4, -0.2) is 49.0 Å². The number of hydrogen-bond donors (Lipinski definition) is 3. The van der Waals surface area contributed by atoms with Crippen molar-refractivity contribution in [3.8, 4) is 0 Å². The first-order chi connectivity index (χ1) is 17.8. The number of nitrogens with zero attached hydrogens (tertiary/aromatic N) is 3. The first-order valence-electron chi connectivity index (χ1n) is 12.0. The maximum absolute atomic E-state index is 12.7.